The molecular formula is C26H30ClN2+. The molecule has 4 rings (SSSR count). The highest BCUT2D eigenvalue weighted by atomic mass is 35.5. The largest absolute Gasteiger partial charge is 0.383 e. The molecule has 1 N–H and O–H groups in total. The number of fused-ring (bicyclic) bond motifs is 2. The third kappa shape index (κ3) is 4.04. The third-order valence-corrected chi connectivity index (χ3v) is 6.35. The van der Waals surface area contributed by atoms with Crippen LogP contribution in [0, 0.1) is 6.92 Å². The molecule has 0 aliphatic heterocycles. The molecule has 2 nitrogen and oxygen atoms in total. The topological polar surface area (TPSA) is 15.9 Å². The van der Waals surface area contributed by atoms with Crippen LogP contribution in [0.5, 0.6) is 0 Å². The number of aromatic nitrogens is 1. The van der Waals surface area contributed by atoms with Gasteiger partial charge in [-0.25, -0.2) is 0 Å². The lowest BCUT2D eigenvalue weighted by Gasteiger charge is -2.20. The molecule has 1 unspecified atom stereocenters. The number of aryl methyl sites for hydroxylation is 2. The molecule has 0 saturated heterocycles. The van der Waals surface area contributed by atoms with Gasteiger partial charge in [-0.15, -0.1) is 11.6 Å². The molecule has 0 spiro atoms. The van der Waals surface area contributed by atoms with Crippen LogP contribution in [0.15, 0.2) is 48.5 Å². The molecular weight excluding hydrogens is 376 g/mol. The summed E-state index contributed by atoms with van der Waals surface area (Å²) in [5.41, 5.74) is 9.52. The molecule has 1 heterocycles. The summed E-state index contributed by atoms with van der Waals surface area (Å²) in [7, 11) is 2.21. The minimum absolute atomic E-state index is 0.386. The number of nitrogens with one attached hydrogen (secondary N) is 1. The minimum Gasteiger partial charge on any atom is -0.383 e. The van der Waals surface area contributed by atoms with E-state index in [2.05, 4.69) is 85.4 Å². The Morgan fingerprint density at radius 1 is 1.10 bits per heavy atom. The lowest BCUT2D eigenvalue weighted by molar-refractivity contribution is -0.648. The normalized spacial score (nSPS) is 16.1. The Balaban J connectivity index is 1.70. The Morgan fingerprint density at radius 3 is 2.62 bits per heavy atom. The predicted molar refractivity (Wildman–Crippen MR) is 126 cm³/mol. The Kier molecular flexibility index (Phi) is 5.91. The fraction of sp³-hybridized carbons (Fsp3) is 0.346. The lowest BCUT2D eigenvalue weighted by Crippen LogP contribution is -2.37. The first-order valence-corrected chi connectivity index (χ1v) is 11.2. The van der Waals surface area contributed by atoms with E-state index in [1.807, 2.05) is 0 Å². The molecule has 29 heavy (non-hydrogen) atoms. The van der Waals surface area contributed by atoms with Gasteiger partial charge in [0.2, 0.25) is 11.2 Å². The molecule has 0 fully saturated rings. The number of nitrogens with zero attached hydrogens (tertiary/aromatic N) is 1. The van der Waals surface area contributed by atoms with Crippen molar-refractivity contribution in [2.75, 3.05) is 11.2 Å². The third-order valence-electron chi connectivity index (χ3n) is 6.13. The number of alkyl halides is 1. The Bertz CT molecular complexity index is 1050. The summed E-state index contributed by atoms with van der Waals surface area (Å²) in [6.07, 6.45) is 6.85. The van der Waals surface area contributed by atoms with Crippen LogP contribution in [0.2, 0.25) is 0 Å². The zero-order valence-corrected chi connectivity index (χ0v) is 18.4. The van der Waals surface area contributed by atoms with Gasteiger partial charge in [-0.05, 0) is 74.9 Å². The van der Waals surface area contributed by atoms with Gasteiger partial charge in [-0.1, -0.05) is 24.3 Å². The molecule has 1 atom stereocenters. The molecule has 3 aromatic rings. The number of para-hydroxylation sites is 1. The first kappa shape index (κ1) is 20.0. The van der Waals surface area contributed by atoms with Gasteiger partial charge in [0.15, 0.2) is 0 Å². The van der Waals surface area contributed by atoms with E-state index in [0.29, 0.717) is 11.9 Å². The van der Waals surface area contributed by atoms with Crippen molar-refractivity contribution in [2.45, 2.75) is 45.6 Å². The van der Waals surface area contributed by atoms with Crippen molar-refractivity contribution in [3.05, 3.63) is 70.9 Å². The number of anilines is 1. The number of allylic oxidation sites excluding steroid dienone is 1. The Labute approximate surface area is 179 Å². The second-order valence-electron chi connectivity index (χ2n) is 8.20. The molecule has 0 saturated carbocycles. The molecule has 0 radical (unpaired) electrons. The second kappa shape index (κ2) is 8.59. The van der Waals surface area contributed by atoms with Crippen LogP contribution >= 0.6 is 11.6 Å². The first-order chi connectivity index (χ1) is 14.1. The number of rotatable bonds is 5. The van der Waals surface area contributed by atoms with E-state index in [-0.39, 0.29) is 0 Å². The summed E-state index contributed by atoms with van der Waals surface area (Å²) in [4.78, 5) is 0. The predicted octanol–water partition coefficient (Wildman–Crippen LogP) is 6.28. The van der Waals surface area contributed by atoms with E-state index in [0.717, 1.165) is 18.5 Å². The van der Waals surface area contributed by atoms with Gasteiger partial charge in [-0.2, -0.15) is 4.57 Å². The van der Waals surface area contributed by atoms with Crippen molar-refractivity contribution < 1.29 is 4.57 Å². The summed E-state index contributed by atoms with van der Waals surface area (Å²) >= 11 is 5.85. The van der Waals surface area contributed by atoms with Crippen molar-refractivity contribution in [1.82, 2.24) is 0 Å². The van der Waals surface area contributed by atoms with Crippen LogP contribution in [0.3, 0.4) is 0 Å². The van der Waals surface area contributed by atoms with E-state index in [1.54, 1.807) is 0 Å². The highest BCUT2D eigenvalue weighted by molar-refractivity contribution is 6.17. The van der Waals surface area contributed by atoms with Crippen LogP contribution in [0.1, 0.15) is 48.6 Å². The van der Waals surface area contributed by atoms with E-state index < -0.39 is 0 Å². The zero-order chi connectivity index (χ0) is 20.4. The quantitative estimate of drug-likeness (QED) is 0.390. The van der Waals surface area contributed by atoms with E-state index >= 15 is 0 Å². The van der Waals surface area contributed by atoms with Gasteiger partial charge in [0.25, 0.3) is 0 Å². The number of pyridine rings is 1. The van der Waals surface area contributed by atoms with Crippen molar-refractivity contribution >= 4 is 39.8 Å². The van der Waals surface area contributed by atoms with Crippen molar-refractivity contribution in [2.24, 2.45) is 7.05 Å². The van der Waals surface area contributed by atoms with Gasteiger partial charge < -0.3 is 5.32 Å². The van der Waals surface area contributed by atoms with Crippen LogP contribution in [0.25, 0.3) is 22.6 Å². The maximum absolute atomic E-state index is 5.85. The Morgan fingerprint density at radius 2 is 1.86 bits per heavy atom. The fourth-order valence-corrected chi connectivity index (χ4v) is 4.90. The highest BCUT2D eigenvalue weighted by Crippen LogP contribution is 2.34. The van der Waals surface area contributed by atoms with Gasteiger partial charge in [0, 0.05) is 40.2 Å². The second-order valence-corrected chi connectivity index (χ2v) is 8.57. The van der Waals surface area contributed by atoms with E-state index in [1.165, 1.54) is 51.7 Å². The molecule has 0 amide bonds. The molecule has 150 valence electrons. The average Bonchev–Trinajstić information content (AvgIpc) is 2.73. The summed E-state index contributed by atoms with van der Waals surface area (Å²) in [6.45, 7) is 4.45. The molecule has 0 bridgehead atoms. The fourth-order valence-electron chi connectivity index (χ4n) is 4.57. The first-order valence-electron chi connectivity index (χ1n) is 10.6. The van der Waals surface area contributed by atoms with Crippen molar-refractivity contribution in [1.29, 1.82) is 0 Å². The molecule has 1 aliphatic rings. The van der Waals surface area contributed by atoms with Crippen LogP contribution in [-0.2, 0) is 13.5 Å². The standard InChI is InChI=1S/C26H29ClN2/c1-18(15-16-27)28-22-13-11-20(12-14-22)17-21-7-6-9-24-19(2)23-8-4-5-10-25(23)29(3)26(21)24/h4-5,8,10-14,17-18H,6-7,9,15-16H2,1-3H3/p+1. The van der Waals surface area contributed by atoms with Crippen molar-refractivity contribution in [3.8, 4) is 0 Å². The SMILES string of the molecule is Cc1c2c([n+](C)c3ccccc13)C(=Cc1ccc(NC(C)CCCl)cc1)CCC2. The summed E-state index contributed by atoms with van der Waals surface area (Å²) in [5.74, 6) is 0.683. The van der Waals surface area contributed by atoms with Gasteiger partial charge in [0.1, 0.15) is 7.05 Å². The summed E-state index contributed by atoms with van der Waals surface area (Å²) in [6, 6.07) is 17.9. The highest BCUT2D eigenvalue weighted by Gasteiger charge is 2.27. The summed E-state index contributed by atoms with van der Waals surface area (Å²) in [5, 5.41) is 4.89. The molecule has 3 heteroatoms. The lowest BCUT2D eigenvalue weighted by atomic mass is 9.86. The average molecular weight is 406 g/mol. The van der Waals surface area contributed by atoms with Crippen LogP contribution in [-0.4, -0.2) is 11.9 Å². The smallest absolute Gasteiger partial charge is 0.213 e. The van der Waals surface area contributed by atoms with Gasteiger partial charge in [0.05, 0.1) is 0 Å². The monoisotopic (exact) mass is 405 g/mol. The van der Waals surface area contributed by atoms with Gasteiger partial charge in [-0.3, -0.25) is 0 Å². The molecule has 1 aliphatic carbocycles. The number of hydrogen-bond donors (Lipinski definition) is 1. The van der Waals surface area contributed by atoms with E-state index in [9.17, 15) is 0 Å². The summed E-state index contributed by atoms with van der Waals surface area (Å²) < 4.78 is 2.40. The number of benzene rings is 2. The van der Waals surface area contributed by atoms with E-state index in [4.69, 9.17) is 11.6 Å². The van der Waals surface area contributed by atoms with Crippen LogP contribution in [0.4, 0.5) is 5.69 Å². The van der Waals surface area contributed by atoms with Crippen LogP contribution < -0.4 is 9.88 Å². The Hall–Kier alpha value is -2.32. The minimum atomic E-state index is 0.386. The molecule has 2 aromatic carbocycles. The zero-order valence-electron chi connectivity index (χ0n) is 17.6. The number of hydrogen-bond acceptors (Lipinski definition) is 1. The maximum Gasteiger partial charge on any atom is 0.213 e. The molecule has 1 aromatic heterocycles. The maximum atomic E-state index is 5.85. The number of halogens is 1. The van der Waals surface area contributed by atoms with Gasteiger partial charge >= 0.3 is 0 Å². The van der Waals surface area contributed by atoms with Crippen molar-refractivity contribution in [3.63, 3.8) is 0 Å².